The van der Waals surface area contributed by atoms with Gasteiger partial charge in [-0.15, -0.1) is 0 Å². The Balaban J connectivity index is 1.91. The van der Waals surface area contributed by atoms with Crippen molar-refractivity contribution in [2.45, 2.75) is 26.8 Å². The van der Waals surface area contributed by atoms with E-state index in [0.29, 0.717) is 6.04 Å². The van der Waals surface area contributed by atoms with Crippen LogP contribution in [0.15, 0.2) is 24.4 Å². The van der Waals surface area contributed by atoms with Gasteiger partial charge in [0.05, 0.1) is 5.69 Å². The van der Waals surface area contributed by atoms with Crippen molar-refractivity contribution >= 4 is 5.91 Å². The number of hydrogen-bond acceptors (Lipinski definition) is 3. The molecule has 1 aliphatic heterocycles. The molecule has 0 aliphatic carbocycles. The molecule has 0 aromatic carbocycles. The first-order chi connectivity index (χ1) is 9.09. The van der Waals surface area contributed by atoms with Crippen molar-refractivity contribution in [2.75, 3.05) is 26.2 Å². The third-order valence-corrected chi connectivity index (χ3v) is 3.78. The molecule has 0 N–H and O–H groups in total. The van der Waals surface area contributed by atoms with E-state index in [1.807, 2.05) is 37.1 Å². The number of aromatic nitrogens is 1. The first-order valence-corrected chi connectivity index (χ1v) is 7.03. The van der Waals surface area contributed by atoms with Gasteiger partial charge < -0.3 is 4.90 Å². The topological polar surface area (TPSA) is 36.4 Å². The van der Waals surface area contributed by atoms with Crippen LogP contribution >= 0.6 is 0 Å². The van der Waals surface area contributed by atoms with Crippen LogP contribution in [0.1, 0.15) is 32.5 Å². The second kappa shape index (κ2) is 6.15. The van der Waals surface area contributed by atoms with E-state index in [2.05, 4.69) is 22.9 Å². The van der Waals surface area contributed by atoms with Gasteiger partial charge in [-0.3, -0.25) is 14.7 Å². The Morgan fingerprint density at radius 2 is 1.84 bits per heavy atom. The highest BCUT2D eigenvalue weighted by atomic mass is 16.2. The molecule has 0 bridgehead atoms. The van der Waals surface area contributed by atoms with E-state index in [9.17, 15) is 4.79 Å². The molecule has 19 heavy (non-hydrogen) atoms. The number of piperazine rings is 1. The molecule has 1 aliphatic rings. The minimum atomic E-state index is 0.0970. The lowest BCUT2D eigenvalue weighted by molar-refractivity contribution is -0.136. The quantitative estimate of drug-likeness (QED) is 0.834. The van der Waals surface area contributed by atoms with Crippen molar-refractivity contribution < 1.29 is 4.79 Å². The fourth-order valence-corrected chi connectivity index (χ4v) is 2.50. The van der Waals surface area contributed by atoms with Crippen molar-refractivity contribution in [1.29, 1.82) is 0 Å². The van der Waals surface area contributed by atoms with E-state index in [1.165, 1.54) is 0 Å². The summed E-state index contributed by atoms with van der Waals surface area (Å²) in [5.74, 6) is 0.366. The molecule has 0 radical (unpaired) electrons. The van der Waals surface area contributed by atoms with Gasteiger partial charge in [0.25, 0.3) is 0 Å². The number of carbonyl (C=O) groups is 1. The van der Waals surface area contributed by atoms with Crippen molar-refractivity contribution in [3.05, 3.63) is 30.1 Å². The smallest absolute Gasteiger partial charge is 0.225 e. The second-order valence-corrected chi connectivity index (χ2v) is 5.45. The Kier molecular flexibility index (Phi) is 4.53. The fraction of sp³-hybridized carbons (Fsp3) is 0.600. The van der Waals surface area contributed by atoms with E-state index in [1.54, 1.807) is 0 Å². The summed E-state index contributed by atoms with van der Waals surface area (Å²) in [7, 11) is 0. The molecular weight excluding hydrogens is 238 g/mol. The van der Waals surface area contributed by atoms with E-state index in [0.717, 1.165) is 31.9 Å². The maximum atomic E-state index is 11.9. The Hall–Kier alpha value is -1.42. The average Bonchev–Trinajstić information content (AvgIpc) is 2.46. The molecule has 104 valence electrons. The zero-order valence-electron chi connectivity index (χ0n) is 12.0. The zero-order chi connectivity index (χ0) is 13.8. The Labute approximate surface area is 115 Å². The van der Waals surface area contributed by atoms with Gasteiger partial charge in [0, 0.05) is 44.3 Å². The van der Waals surface area contributed by atoms with Gasteiger partial charge in [-0.2, -0.15) is 0 Å². The fourth-order valence-electron chi connectivity index (χ4n) is 2.50. The van der Waals surface area contributed by atoms with Gasteiger partial charge in [0.1, 0.15) is 0 Å². The first-order valence-electron chi connectivity index (χ1n) is 7.03. The summed E-state index contributed by atoms with van der Waals surface area (Å²) in [5.41, 5.74) is 1.10. The molecule has 1 atom stereocenters. The largest absolute Gasteiger partial charge is 0.340 e. The van der Waals surface area contributed by atoms with E-state index in [-0.39, 0.29) is 11.8 Å². The minimum Gasteiger partial charge on any atom is -0.340 e. The molecule has 1 saturated heterocycles. The van der Waals surface area contributed by atoms with Crippen molar-refractivity contribution in [3.8, 4) is 0 Å². The highest BCUT2D eigenvalue weighted by Crippen LogP contribution is 2.19. The van der Waals surface area contributed by atoms with E-state index < -0.39 is 0 Å². The lowest BCUT2D eigenvalue weighted by Crippen LogP contribution is -2.50. The number of amides is 1. The minimum absolute atomic E-state index is 0.0970. The summed E-state index contributed by atoms with van der Waals surface area (Å²) >= 11 is 0. The van der Waals surface area contributed by atoms with E-state index >= 15 is 0 Å². The van der Waals surface area contributed by atoms with Crippen LogP contribution in [0.3, 0.4) is 0 Å². The van der Waals surface area contributed by atoms with Gasteiger partial charge in [-0.05, 0) is 19.1 Å². The summed E-state index contributed by atoms with van der Waals surface area (Å²) in [6.45, 7) is 9.62. The van der Waals surface area contributed by atoms with Crippen molar-refractivity contribution in [1.82, 2.24) is 14.8 Å². The average molecular weight is 261 g/mol. The molecule has 1 fully saturated rings. The zero-order valence-corrected chi connectivity index (χ0v) is 12.0. The first kappa shape index (κ1) is 14.0. The van der Waals surface area contributed by atoms with Gasteiger partial charge in [0.2, 0.25) is 5.91 Å². The number of pyridine rings is 1. The van der Waals surface area contributed by atoms with Gasteiger partial charge in [0.15, 0.2) is 0 Å². The molecule has 1 unspecified atom stereocenters. The predicted octanol–water partition coefficient (Wildman–Crippen LogP) is 1.94. The number of rotatable bonds is 3. The Bertz CT molecular complexity index is 411. The van der Waals surface area contributed by atoms with Crippen molar-refractivity contribution in [3.63, 3.8) is 0 Å². The summed E-state index contributed by atoms with van der Waals surface area (Å²) < 4.78 is 0. The molecule has 0 spiro atoms. The maximum absolute atomic E-state index is 11.9. The molecule has 1 aromatic heterocycles. The van der Waals surface area contributed by atoms with Crippen LogP contribution in [0, 0.1) is 5.92 Å². The van der Waals surface area contributed by atoms with Crippen LogP contribution in [-0.2, 0) is 4.79 Å². The van der Waals surface area contributed by atoms with Gasteiger partial charge >= 0.3 is 0 Å². The SMILES string of the molecule is CC(C)C(=O)N1CCN(C(C)c2ccccn2)CC1. The summed E-state index contributed by atoms with van der Waals surface area (Å²) in [6.07, 6.45) is 1.84. The monoisotopic (exact) mass is 261 g/mol. The number of carbonyl (C=O) groups excluding carboxylic acids is 1. The van der Waals surface area contributed by atoms with Crippen LogP contribution in [0.5, 0.6) is 0 Å². The van der Waals surface area contributed by atoms with Crippen LogP contribution in [0.25, 0.3) is 0 Å². The molecular formula is C15H23N3O. The molecule has 1 amide bonds. The lowest BCUT2D eigenvalue weighted by atomic mass is 10.1. The predicted molar refractivity (Wildman–Crippen MR) is 75.6 cm³/mol. The van der Waals surface area contributed by atoms with Crippen molar-refractivity contribution in [2.24, 2.45) is 5.92 Å². The molecule has 1 aromatic rings. The highest BCUT2D eigenvalue weighted by Gasteiger charge is 2.26. The van der Waals surface area contributed by atoms with Crippen LogP contribution in [0.4, 0.5) is 0 Å². The van der Waals surface area contributed by atoms with Crippen LogP contribution in [-0.4, -0.2) is 46.9 Å². The van der Waals surface area contributed by atoms with Crippen LogP contribution < -0.4 is 0 Å². The standard InChI is InChI=1S/C15H23N3O/c1-12(2)15(19)18-10-8-17(9-11-18)13(3)14-6-4-5-7-16-14/h4-7,12-13H,8-11H2,1-3H3. The molecule has 4 nitrogen and oxygen atoms in total. The van der Waals surface area contributed by atoms with Gasteiger partial charge in [-0.25, -0.2) is 0 Å². The van der Waals surface area contributed by atoms with Gasteiger partial charge in [-0.1, -0.05) is 19.9 Å². The third-order valence-electron chi connectivity index (χ3n) is 3.78. The molecule has 2 rings (SSSR count). The summed E-state index contributed by atoms with van der Waals surface area (Å²) in [5, 5.41) is 0. The summed E-state index contributed by atoms with van der Waals surface area (Å²) in [4.78, 5) is 20.7. The highest BCUT2D eigenvalue weighted by molar-refractivity contribution is 5.78. The third kappa shape index (κ3) is 3.32. The maximum Gasteiger partial charge on any atom is 0.225 e. The van der Waals surface area contributed by atoms with Crippen LogP contribution in [0.2, 0.25) is 0 Å². The Morgan fingerprint density at radius 1 is 1.16 bits per heavy atom. The normalized spacial score (nSPS) is 18.6. The van der Waals surface area contributed by atoms with E-state index in [4.69, 9.17) is 0 Å². The lowest BCUT2D eigenvalue weighted by Gasteiger charge is -2.38. The molecule has 2 heterocycles. The molecule has 0 saturated carbocycles. The summed E-state index contributed by atoms with van der Waals surface area (Å²) in [6, 6.07) is 6.35. The second-order valence-electron chi connectivity index (χ2n) is 5.45. The number of nitrogens with zero attached hydrogens (tertiary/aromatic N) is 3. The number of hydrogen-bond donors (Lipinski definition) is 0. The Morgan fingerprint density at radius 3 is 2.37 bits per heavy atom. The molecule has 4 heteroatoms.